The van der Waals surface area contributed by atoms with E-state index < -0.39 is 20.3 Å². The fourth-order valence-electron chi connectivity index (χ4n) is 6.32. The van der Waals surface area contributed by atoms with E-state index in [0.29, 0.717) is 3.63 Å². The molecule has 6 rings (SSSR count). The third kappa shape index (κ3) is 4.51. The molecule has 0 unspecified atom stereocenters. The molecule has 0 heterocycles. The van der Waals surface area contributed by atoms with Gasteiger partial charge in [0.05, 0.1) is 0 Å². The van der Waals surface area contributed by atoms with Gasteiger partial charge < -0.3 is 0 Å². The molecule has 0 fully saturated rings. The number of hydrogen-bond acceptors (Lipinski definition) is 0. The van der Waals surface area contributed by atoms with Crippen LogP contribution < -0.4 is 0 Å². The van der Waals surface area contributed by atoms with E-state index in [2.05, 4.69) is 140 Å². The van der Waals surface area contributed by atoms with Crippen LogP contribution in [0.3, 0.4) is 0 Å². The van der Waals surface area contributed by atoms with Gasteiger partial charge in [-0.15, -0.1) is 0 Å². The van der Waals surface area contributed by atoms with Gasteiger partial charge in [0.25, 0.3) is 0 Å². The van der Waals surface area contributed by atoms with Gasteiger partial charge in [0, 0.05) is 0 Å². The Morgan fingerprint density at radius 2 is 0.686 bits per heavy atom. The molecule has 0 N–H and O–H groups in total. The average molecular weight is 530 g/mol. The molecule has 0 saturated carbocycles. The fourth-order valence-corrected chi connectivity index (χ4v) is 21.0. The summed E-state index contributed by atoms with van der Waals surface area (Å²) in [6.45, 7) is 0. The van der Waals surface area contributed by atoms with Crippen LogP contribution in [0.15, 0.2) is 140 Å². The molecule has 5 aromatic rings. The molecule has 0 aromatic heterocycles. The molecule has 0 radical (unpaired) electrons. The van der Waals surface area contributed by atoms with Crippen molar-refractivity contribution in [2.24, 2.45) is 0 Å². The Morgan fingerprint density at radius 1 is 0.371 bits per heavy atom. The first kappa shape index (κ1) is 22.4. The van der Waals surface area contributed by atoms with Crippen LogP contribution >= 0.6 is 0 Å². The Labute approximate surface area is 213 Å². The fraction of sp³-hybridized carbons (Fsp3) is 0.118. The Morgan fingerprint density at radius 3 is 1.06 bits per heavy atom. The molecule has 0 bridgehead atoms. The molecule has 170 valence electrons. The predicted octanol–water partition coefficient (Wildman–Crippen LogP) is 8.51. The van der Waals surface area contributed by atoms with Gasteiger partial charge in [0.1, 0.15) is 0 Å². The first-order chi connectivity index (χ1) is 17.3. The van der Waals surface area contributed by atoms with Crippen LogP contribution in [0.25, 0.3) is 11.1 Å². The van der Waals surface area contributed by atoms with E-state index in [-0.39, 0.29) is 0 Å². The standard InChI is InChI=1S/C13H9.3C7H7.Zr/c1-3-7-12-10(5-1)9-11-6-2-4-8-13(11)12;3*1-7-5-3-2-4-6-7;/h1-9H;3*2-6H,1H2;. The Balaban J connectivity index is 1.59. The number of benzene rings is 5. The monoisotopic (exact) mass is 528 g/mol. The zero-order valence-corrected chi connectivity index (χ0v) is 22.4. The summed E-state index contributed by atoms with van der Waals surface area (Å²) in [7, 11) is 0. The topological polar surface area (TPSA) is 0 Å². The molecule has 5 aromatic carbocycles. The van der Waals surface area contributed by atoms with Crippen molar-refractivity contribution in [3.8, 4) is 11.1 Å². The quantitative estimate of drug-likeness (QED) is 0.198. The molecule has 0 nitrogen and oxygen atoms in total. The van der Waals surface area contributed by atoms with Crippen LogP contribution in [0.2, 0.25) is 0 Å². The number of fused-ring (bicyclic) bond motifs is 3. The molecular formula is C34H30Zr. The molecule has 35 heavy (non-hydrogen) atoms. The summed E-state index contributed by atoms with van der Waals surface area (Å²) >= 11 is -3.15. The first-order valence-corrected chi connectivity index (χ1v) is 19.3. The van der Waals surface area contributed by atoms with Gasteiger partial charge in [-0.25, -0.2) is 0 Å². The molecule has 0 amide bonds. The second kappa shape index (κ2) is 9.92. The molecule has 0 saturated heterocycles. The normalized spacial score (nSPS) is 12.8. The average Bonchev–Trinajstić information content (AvgIpc) is 3.25. The van der Waals surface area contributed by atoms with E-state index in [9.17, 15) is 0 Å². The van der Waals surface area contributed by atoms with Gasteiger partial charge in [-0.3, -0.25) is 0 Å². The predicted molar refractivity (Wildman–Crippen MR) is 144 cm³/mol. The van der Waals surface area contributed by atoms with Gasteiger partial charge in [0.15, 0.2) is 0 Å². The van der Waals surface area contributed by atoms with Crippen LogP contribution in [0.5, 0.6) is 0 Å². The van der Waals surface area contributed by atoms with Crippen LogP contribution in [0.4, 0.5) is 0 Å². The summed E-state index contributed by atoms with van der Waals surface area (Å²) < 4.78 is 4.21. The van der Waals surface area contributed by atoms with E-state index in [4.69, 9.17) is 0 Å². The van der Waals surface area contributed by atoms with Crippen molar-refractivity contribution in [2.45, 2.75) is 16.0 Å². The summed E-state index contributed by atoms with van der Waals surface area (Å²) in [6, 6.07) is 52.3. The van der Waals surface area contributed by atoms with Crippen molar-refractivity contribution in [1.82, 2.24) is 0 Å². The molecule has 0 spiro atoms. The van der Waals surface area contributed by atoms with Crippen molar-refractivity contribution in [3.63, 3.8) is 0 Å². The molecular weight excluding hydrogens is 500 g/mol. The summed E-state index contributed by atoms with van der Waals surface area (Å²) in [5.41, 5.74) is 10.5. The number of hydrogen-bond donors (Lipinski definition) is 0. The van der Waals surface area contributed by atoms with Crippen molar-refractivity contribution in [2.75, 3.05) is 0 Å². The van der Waals surface area contributed by atoms with Gasteiger partial charge in [-0.05, 0) is 0 Å². The minimum atomic E-state index is -3.15. The second-order valence-electron chi connectivity index (χ2n) is 9.96. The van der Waals surface area contributed by atoms with Crippen molar-refractivity contribution in [1.29, 1.82) is 0 Å². The van der Waals surface area contributed by atoms with Crippen LogP contribution in [-0.4, -0.2) is 0 Å². The first-order valence-electron chi connectivity index (χ1n) is 12.6. The van der Waals surface area contributed by atoms with E-state index in [0.717, 1.165) is 0 Å². The van der Waals surface area contributed by atoms with Gasteiger partial charge in [-0.2, -0.15) is 0 Å². The summed E-state index contributed by atoms with van der Waals surface area (Å²) in [5, 5.41) is 0. The Hall–Kier alpha value is -3.02. The molecule has 0 aliphatic heterocycles. The minimum absolute atomic E-state index is 0.525. The van der Waals surface area contributed by atoms with E-state index >= 15 is 0 Å². The molecule has 1 heteroatoms. The third-order valence-electron chi connectivity index (χ3n) is 7.64. The number of rotatable bonds is 7. The van der Waals surface area contributed by atoms with Crippen LogP contribution in [0.1, 0.15) is 31.4 Å². The maximum atomic E-state index is 2.42. The second-order valence-corrected chi connectivity index (χ2v) is 20.7. The Bertz CT molecular complexity index is 1260. The van der Waals surface area contributed by atoms with Crippen molar-refractivity contribution < 1.29 is 20.3 Å². The maximum absolute atomic E-state index is 3.15. The molecule has 0 atom stereocenters. The summed E-state index contributed by atoms with van der Waals surface area (Å²) in [4.78, 5) is 0. The van der Waals surface area contributed by atoms with Gasteiger partial charge >= 0.3 is 215 Å². The molecule has 1 aliphatic rings. The summed E-state index contributed by atoms with van der Waals surface area (Å²) in [6.07, 6.45) is 0. The Kier molecular flexibility index (Phi) is 6.36. The van der Waals surface area contributed by atoms with Crippen molar-refractivity contribution in [3.05, 3.63) is 167 Å². The van der Waals surface area contributed by atoms with Gasteiger partial charge in [0.2, 0.25) is 0 Å². The zero-order chi connectivity index (χ0) is 23.5. The SMILES string of the molecule is c1ccc([CH2][Zr]([CH2]c2ccccc2)([CH2]c2ccccc2)[CH]2c3ccccc3-c3ccccc32)cc1. The van der Waals surface area contributed by atoms with Crippen LogP contribution in [0, 0.1) is 0 Å². The summed E-state index contributed by atoms with van der Waals surface area (Å²) in [5.74, 6) is 0. The van der Waals surface area contributed by atoms with Gasteiger partial charge in [-0.1, -0.05) is 0 Å². The van der Waals surface area contributed by atoms with Crippen molar-refractivity contribution >= 4 is 0 Å². The zero-order valence-electron chi connectivity index (χ0n) is 20.0. The van der Waals surface area contributed by atoms with E-state index in [1.807, 2.05) is 0 Å². The third-order valence-corrected chi connectivity index (χ3v) is 20.4. The van der Waals surface area contributed by atoms with E-state index in [1.165, 1.54) is 40.2 Å². The molecule has 1 aliphatic carbocycles. The van der Waals surface area contributed by atoms with E-state index in [1.54, 1.807) is 11.1 Å². The van der Waals surface area contributed by atoms with Crippen LogP contribution in [-0.2, 0) is 32.7 Å².